The van der Waals surface area contributed by atoms with Crippen molar-refractivity contribution < 1.29 is 13.2 Å². The number of aromatic nitrogens is 2. The van der Waals surface area contributed by atoms with Crippen molar-refractivity contribution in [2.24, 2.45) is 4.99 Å². The number of hydrogen-bond donors (Lipinski definition) is 1. The third-order valence-electron chi connectivity index (χ3n) is 4.82. The lowest BCUT2D eigenvalue weighted by Gasteiger charge is -2.24. The Morgan fingerprint density at radius 2 is 1.80 bits per heavy atom. The number of pyridine rings is 1. The Morgan fingerprint density at radius 1 is 1.07 bits per heavy atom. The minimum absolute atomic E-state index is 0.0955. The zero-order valence-electron chi connectivity index (χ0n) is 16.3. The Morgan fingerprint density at radius 3 is 2.57 bits per heavy atom. The molecule has 1 amide bonds. The zero-order chi connectivity index (χ0) is 21.0. The van der Waals surface area contributed by atoms with E-state index in [1.54, 1.807) is 17.8 Å². The Hall–Kier alpha value is -2.62. The van der Waals surface area contributed by atoms with Crippen LogP contribution in [-0.2, 0) is 16.6 Å². The molecular weight excluding hydrogens is 420 g/mol. The van der Waals surface area contributed by atoms with E-state index in [1.807, 2.05) is 53.2 Å². The van der Waals surface area contributed by atoms with Gasteiger partial charge in [-0.15, -0.1) is 0 Å². The second-order valence-corrected chi connectivity index (χ2v) is 10.0. The third kappa shape index (κ3) is 4.58. The molecule has 1 N–H and O–H groups in total. The van der Waals surface area contributed by atoms with E-state index in [2.05, 4.69) is 9.98 Å². The molecule has 156 valence electrons. The smallest absolute Gasteiger partial charge is 0.295 e. The molecule has 7 nitrogen and oxygen atoms in total. The van der Waals surface area contributed by atoms with Gasteiger partial charge in [0.1, 0.15) is 16.1 Å². The topological polar surface area (TPSA) is 87.5 Å². The number of nitrogens with zero attached hydrogens (tertiary/aromatic N) is 3. The van der Waals surface area contributed by atoms with E-state index in [4.69, 9.17) is 0 Å². The average Bonchev–Trinajstić information content (AvgIpc) is 3.28. The average molecular weight is 443 g/mol. The van der Waals surface area contributed by atoms with Crippen LogP contribution in [0.5, 0.6) is 0 Å². The van der Waals surface area contributed by atoms with Crippen molar-refractivity contribution in [1.82, 2.24) is 13.9 Å². The maximum atomic E-state index is 12.8. The van der Waals surface area contributed by atoms with Crippen LogP contribution in [0.15, 0.2) is 76.9 Å². The summed E-state index contributed by atoms with van der Waals surface area (Å²) < 4.78 is 28.9. The molecule has 0 saturated carbocycles. The normalized spacial score (nSPS) is 15.9. The van der Waals surface area contributed by atoms with Crippen LogP contribution in [0.1, 0.15) is 16.1 Å². The summed E-state index contributed by atoms with van der Waals surface area (Å²) in [5.41, 5.74) is 1.74. The van der Waals surface area contributed by atoms with Crippen LogP contribution in [0, 0.1) is 0 Å². The molecule has 3 aromatic rings. The van der Waals surface area contributed by atoms with E-state index in [1.165, 1.54) is 16.6 Å². The highest BCUT2D eigenvalue weighted by atomic mass is 32.2. The number of aromatic amines is 1. The zero-order valence-corrected chi connectivity index (χ0v) is 17.9. The van der Waals surface area contributed by atoms with Gasteiger partial charge in [0.2, 0.25) is 10.0 Å². The number of carbonyl (C=O) groups is 1. The second-order valence-electron chi connectivity index (χ2n) is 6.85. The summed E-state index contributed by atoms with van der Waals surface area (Å²) >= 11 is 1.74. The summed E-state index contributed by atoms with van der Waals surface area (Å²) in [7, 11) is -3.61. The van der Waals surface area contributed by atoms with E-state index in [9.17, 15) is 13.2 Å². The number of benzene rings is 1. The molecule has 0 bridgehead atoms. The molecule has 0 aliphatic carbocycles. The van der Waals surface area contributed by atoms with Gasteiger partial charge in [-0.25, -0.2) is 8.42 Å². The molecule has 9 heteroatoms. The quantitative estimate of drug-likeness (QED) is 0.657. The first-order valence-corrected chi connectivity index (χ1v) is 12.2. The lowest BCUT2D eigenvalue weighted by Crippen LogP contribution is -2.37. The van der Waals surface area contributed by atoms with Crippen LogP contribution in [-0.4, -0.2) is 52.8 Å². The highest BCUT2D eigenvalue weighted by Crippen LogP contribution is 2.21. The molecule has 1 aliphatic rings. The van der Waals surface area contributed by atoms with Gasteiger partial charge in [0.15, 0.2) is 0 Å². The monoisotopic (exact) mass is 442 g/mol. The molecule has 4 rings (SSSR count). The van der Waals surface area contributed by atoms with Crippen molar-refractivity contribution in [3.63, 3.8) is 0 Å². The fourth-order valence-electron chi connectivity index (χ4n) is 3.23. The molecule has 0 spiro atoms. The molecular formula is C21H22N4O3S2. The maximum absolute atomic E-state index is 12.8. The summed E-state index contributed by atoms with van der Waals surface area (Å²) in [5.74, 6) is 1.04. The van der Waals surface area contributed by atoms with Crippen LogP contribution < -0.4 is 5.49 Å². The molecule has 1 aromatic carbocycles. The van der Waals surface area contributed by atoms with Gasteiger partial charge in [-0.1, -0.05) is 36.4 Å². The van der Waals surface area contributed by atoms with Crippen molar-refractivity contribution in [2.45, 2.75) is 11.4 Å². The van der Waals surface area contributed by atoms with Gasteiger partial charge in [0, 0.05) is 43.5 Å². The van der Waals surface area contributed by atoms with Gasteiger partial charge < -0.3 is 9.55 Å². The van der Waals surface area contributed by atoms with Crippen molar-refractivity contribution in [3.05, 3.63) is 83.7 Å². The molecule has 0 unspecified atom stereocenters. The fourth-order valence-corrected chi connectivity index (χ4v) is 5.80. The van der Waals surface area contributed by atoms with Crippen molar-refractivity contribution in [3.8, 4) is 0 Å². The van der Waals surface area contributed by atoms with Crippen LogP contribution in [0.2, 0.25) is 0 Å². The highest BCUT2D eigenvalue weighted by molar-refractivity contribution is 7.99. The summed E-state index contributed by atoms with van der Waals surface area (Å²) in [6.45, 7) is 1.54. The third-order valence-corrected chi connectivity index (χ3v) is 7.64. The molecule has 1 aliphatic heterocycles. The lowest BCUT2D eigenvalue weighted by molar-refractivity contribution is 0.0993. The van der Waals surface area contributed by atoms with E-state index in [0.29, 0.717) is 25.1 Å². The Labute approximate surface area is 179 Å². The maximum Gasteiger partial charge on any atom is 0.295 e. The van der Waals surface area contributed by atoms with Crippen molar-refractivity contribution >= 4 is 27.7 Å². The standard InChI is InChI=1S/C21H22N4O3S2/c26-21(19-14-18(15-22-19)30(27,28)25-10-12-29-13-11-25)23-20-8-4-5-9-24(20)16-17-6-2-1-3-7-17/h1-9,14-15,22H,10-13,16H2. The first-order chi connectivity index (χ1) is 14.5. The summed E-state index contributed by atoms with van der Waals surface area (Å²) in [5, 5.41) is 0. The van der Waals surface area contributed by atoms with E-state index in [-0.39, 0.29) is 10.6 Å². The first kappa shape index (κ1) is 20.6. The fraction of sp³-hybridized carbons (Fsp3) is 0.238. The number of thioether (sulfide) groups is 1. The van der Waals surface area contributed by atoms with Gasteiger partial charge in [0.05, 0.1) is 0 Å². The van der Waals surface area contributed by atoms with Gasteiger partial charge in [0.25, 0.3) is 5.91 Å². The molecule has 1 saturated heterocycles. The largest absolute Gasteiger partial charge is 0.356 e. The van der Waals surface area contributed by atoms with Gasteiger partial charge >= 0.3 is 0 Å². The van der Waals surface area contributed by atoms with Crippen molar-refractivity contribution in [2.75, 3.05) is 24.6 Å². The number of hydrogen-bond acceptors (Lipinski definition) is 4. The van der Waals surface area contributed by atoms with E-state index in [0.717, 1.165) is 17.1 Å². The molecule has 30 heavy (non-hydrogen) atoms. The Balaban J connectivity index is 1.59. The lowest BCUT2D eigenvalue weighted by atomic mass is 10.2. The number of H-pyrrole nitrogens is 1. The number of rotatable bonds is 5. The number of nitrogens with one attached hydrogen (secondary N) is 1. The summed E-state index contributed by atoms with van der Waals surface area (Å²) in [6, 6.07) is 16.7. The SMILES string of the molecule is O=C(N=c1ccccn1Cc1ccccc1)c1cc(S(=O)(=O)N2CCSCC2)c[nH]1. The predicted octanol–water partition coefficient (Wildman–Crippen LogP) is 2.34. The highest BCUT2D eigenvalue weighted by Gasteiger charge is 2.27. The van der Waals surface area contributed by atoms with Crippen LogP contribution in [0.3, 0.4) is 0 Å². The van der Waals surface area contributed by atoms with Crippen molar-refractivity contribution in [1.29, 1.82) is 0 Å². The number of amides is 1. The second kappa shape index (κ2) is 9.03. The molecule has 1 fully saturated rings. The first-order valence-electron chi connectivity index (χ1n) is 9.59. The predicted molar refractivity (Wildman–Crippen MR) is 117 cm³/mol. The summed E-state index contributed by atoms with van der Waals surface area (Å²) in [4.78, 5) is 19.8. The molecule has 0 atom stereocenters. The van der Waals surface area contributed by atoms with E-state index >= 15 is 0 Å². The minimum Gasteiger partial charge on any atom is -0.356 e. The molecule has 2 aromatic heterocycles. The summed E-state index contributed by atoms with van der Waals surface area (Å²) in [6.07, 6.45) is 3.22. The molecule has 0 radical (unpaired) electrons. The Kier molecular flexibility index (Phi) is 6.21. The van der Waals surface area contributed by atoms with E-state index < -0.39 is 15.9 Å². The van der Waals surface area contributed by atoms with Gasteiger partial charge in [-0.3, -0.25) is 4.79 Å². The van der Waals surface area contributed by atoms with Gasteiger partial charge in [-0.05, 0) is 23.8 Å². The van der Waals surface area contributed by atoms with Gasteiger partial charge in [-0.2, -0.15) is 21.1 Å². The Bertz CT molecular complexity index is 1190. The number of sulfonamides is 1. The van der Waals surface area contributed by atoms with Crippen LogP contribution in [0.4, 0.5) is 0 Å². The molecule has 3 heterocycles. The van der Waals surface area contributed by atoms with Crippen LogP contribution >= 0.6 is 11.8 Å². The number of carbonyl (C=O) groups excluding carboxylic acids is 1. The van der Waals surface area contributed by atoms with Crippen LogP contribution in [0.25, 0.3) is 0 Å². The minimum atomic E-state index is -3.61.